The van der Waals surface area contributed by atoms with Crippen molar-refractivity contribution in [2.45, 2.75) is 44.8 Å². The number of aromatic nitrogens is 2. The van der Waals surface area contributed by atoms with Crippen molar-refractivity contribution in [3.63, 3.8) is 0 Å². The van der Waals surface area contributed by atoms with E-state index in [-0.39, 0.29) is 0 Å². The van der Waals surface area contributed by atoms with Crippen LogP contribution in [0.3, 0.4) is 0 Å². The summed E-state index contributed by atoms with van der Waals surface area (Å²) >= 11 is 0. The third kappa shape index (κ3) is 1.75. The highest BCUT2D eigenvalue weighted by molar-refractivity contribution is 5.07. The maximum absolute atomic E-state index is 9.33. The zero-order valence-electron chi connectivity index (χ0n) is 7.98. The van der Waals surface area contributed by atoms with Gasteiger partial charge in [-0.15, -0.1) is 0 Å². The molecule has 1 aromatic heterocycles. The average molecular weight is 180 g/mol. The molecule has 1 heterocycles. The molecule has 0 aliphatic heterocycles. The van der Waals surface area contributed by atoms with E-state index < -0.39 is 6.10 Å². The van der Waals surface area contributed by atoms with Crippen LogP contribution in [0.15, 0.2) is 12.4 Å². The molecule has 0 amide bonds. The lowest BCUT2D eigenvalue weighted by molar-refractivity contribution is 0.199. The molecule has 1 aliphatic rings. The molecule has 13 heavy (non-hydrogen) atoms. The van der Waals surface area contributed by atoms with Gasteiger partial charge in [0.05, 0.1) is 18.3 Å². The Morgan fingerprint density at radius 1 is 1.54 bits per heavy atom. The molecule has 0 aromatic carbocycles. The number of rotatable bonds is 2. The summed E-state index contributed by atoms with van der Waals surface area (Å²) in [5.41, 5.74) is 0.923. The fraction of sp³-hybridized carbons (Fsp3) is 0.700. The van der Waals surface area contributed by atoms with E-state index in [1.54, 1.807) is 13.1 Å². The van der Waals surface area contributed by atoms with E-state index in [4.69, 9.17) is 0 Å². The van der Waals surface area contributed by atoms with Gasteiger partial charge in [-0.25, -0.2) is 0 Å². The monoisotopic (exact) mass is 180 g/mol. The Bertz CT molecular complexity index is 274. The van der Waals surface area contributed by atoms with E-state index in [0.717, 1.165) is 5.56 Å². The second kappa shape index (κ2) is 3.50. The minimum Gasteiger partial charge on any atom is -0.389 e. The normalized spacial score (nSPS) is 20.8. The molecule has 1 aromatic rings. The van der Waals surface area contributed by atoms with E-state index in [9.17, 15) is 5.11 Å². The van der Waals surface area contributed by atoms with Crippen molar-refractivity contribution in [1.29, 1.82) is 0 Å². The highest BCUT2D eigenvalue weighted by Gasteiger charge is 2.17. The van der Waals surface area contributed by atoms with Gasteiger partial charge in [-0.05, 0) is 19.8 Å². The van der Waals surface area contributed by atoms with Crippen molar-refractivity contribution in [3.05, 3.63) is 18.0 Å². The quantitative estimate of drug-likeness (QED) is 0.756. The summed E-state index contributed by atoms with van der Waals surface area (Å²) < 4.78 is 2.01. The number of hydrogen-bond acceptors (Lipinski definition) is 2. The van der Waals surface area contributed by atoms with Crippen LogP contribution in [0.2, 0.25) is 0 Å². The number of hydrogen-bond donors (Lipinski definition) is 1. The standard InChI is InChI=1S/C10H16N2O/c1-8(13)9-6-11-12(7-9)10-4-2-3-5-10/h6-8,10,13H,2-5H2,1H3/t8-/m1/s1. The molecule has 3 heteroatoms. The summed E-state index contributed by atoms with van der Waals surface area (Å²) in [6, 6.07) is 0.576. The average Bonchev–Trinajstić information content (AvgIpc) is 2.75. The van der Waals surface area contributed by atoms with Gasteiger partial charge in [0.2, 0.25) is 0 Å². The summed E-state index contributed by atoms with van der Waals surface area (Å²) in [5.74, 6) is 0. The highest BCUT2D eigenvalue weighted by atomic mass is 16.3. The molecular weight excluding hydrogens is 164 g/mol. The van der Waals surface area contributed by atoms with E-state index in [1.807, 2.05) is 10.9 Å². The molecule has 1 atom stereocenters. The number of aliphatic hydroxyl groups excluding tert-OH is 1. The molecule has 0 bridgehead atoms. The molecule has 3 nitrogen and oxygen atoms in total. The first-order valence-electron chi connectivity index (χ1n) is 4.99. The number of aliphatic hydroxyl groups is 1. The highest BCUT2D eigenvalue weighted by Crippen LogP contribution is 2.29. The Kier molecular flexibility index (Phi) is 2.36. The Morgan fingerprint density at radius 3 is 2.77 bits per heavy atom. The molecule has 1 aliphatic carbocycles. The van der Waals surface area contributed by atoms with Crippen molar-refractivity contribution in [2.75, 3.05) is 0 Å². The van der Waals surface area contributed by atoms with E-state index in [0.29, 0.717) is 6.04 Å². The maximum atomic E-state index is 9.33. The van der Waals surface area contributed by atoms with Gasteiger partial charge in [0.25, 0.3) is 0 Å². The van der Waals surface area contributed by atoms with E-state index >= 15 is 0 Å². The van der Waals surface area contributed by atoms with Gasteiger partial charge in [-0.1, -0.05) is 12.8 Å². The predicted octanol–water partition coefficient (Wildman–Crippen LogP) is 2.05. The molecule has 1 N–H and O–H groups in total. The lowest BCUT2D eigenvalue weighted by atomic mass is 10.2. The number of nitrogens with zero attached hydrogens (tertiary/aromatic N) is 2. The first kappa shape index (κ1) is 8.75. The lowest BCUT2D eigenvalue weighted by Gasteiger charge is -2.08. The van der Waals surface area contributed by atoms with Crippen LogP contribution in [0.4, 0.5) is 0 Å². The van der Waals surface area contributed by atoms with Crippen LogP contribution in [0.5, 0.6) is 0 Å². The summed E-state index contributed by atoms with van der Waals surface area (Å²) in [4.78, 5) is 0. The molecule has 0 spiro atoms. The molecule has 72 valence electrons. The van der Waals surface area contributed by atoms with Crippen LogP contribution < -0.4 is 0 Å². The van der Waals surface area contributed by atoms with Gasteiger partial charge in [0, 0.05) is 11.8 Å². The second-order valence-electron chi connectivity index (χ2n) is 3.87. The van der Waals surface area contributed by atoms with Crippen LogP contribution >= 0.6 is 0 Å². The maximum Gasteiger partial charge on any atom is 0.0792 e. The Morgan fingerprint density at radius 2 is 2.23 bits per heavy atom. The summed E-state index contributed by atoms with van der Waals surface area (Å²) in [5, 5.41) is 13.6. The van der Waals surface area contributed by atoms with Crippen molar-refractivity contribution < 1.29 is 5.11 Å². The van der Waals surface area contributed by atoms with E-state index in [1.165, 1.54) is 25.7 Å². The second-order valence-corrected chi connectivity index (χ2v) is 3.87. The summed E-state index contributed by atoms with van der Waals surface area (Å²) in [6.45, 7) is 1.77. The van der Waals surface area contributed by atoms with Crippen LogP contribution in [-0.4, -0.2) is 14.9 Å². The van der Waals surface area contributed by atoms with Gasteiger partial charge in [-0.2, -0.15) is 5.10 Å². The van der Waals surface area contributed by atoms with Crippen molar-refractivity contribution >= 4 is 0 Å². The Labute approximate surface area is 78.4 Å². The first-order chi connectivity index (χ1) is 6.27. The largest absolute Gasteiger partial charge is 0.389 e. The van der Waals surface area contributed by atoms with Gasteiger partial charge >= 0.3 is 0 Å². The SMILES string of the molecule is C[C@@H](O)c1cnn(C2CCCC2)c1. The Balaban J connectivity index is 2.12. The van der Waals surface area contributed by atoms with Crippen molar-refractivity contribution in [1.82, 2.24) is 9.78 Å². The van der Waals surface area contributed by atoms with Gasteiger partial charge < -0.3 is 5.11 Å². The molecule has 1 fully saturated rings. The van der Waals surface area contributed by atoms with Gasteiger partial charge in [-0.3, -0.25) is 4.68 Å². The smallest absolute Gasteiger partial charge is 0.0792 e. The van der Waals surface area contributed by atoms with Gasteiger partial charge in [0.1, 0.15) is 0 Å². The van der Waals surface area contributed by atoms with Crippen LogP contribution in [-0.2, 0) is 0 Å². The molecule has 0 radical (unpaired) electrons. The third-order valence-electron chi connectivity index (χ3n) is 2.80. The van der Waals surface area contributed by atoms with Crippen LogP contribution in [0.25, 0.3) is 0 Å². The zero-order chi connectivity index (χ0) is 9.26. The van der Waals surface area contributed by atoms with E-state index in [2.05, 4.69) is 5.10 Å². The fourth-order valence-corrected chi connectivity index (χ4v) is 1.94. The molecular formula is C10H16N2O. The fourth-order valence-electron chi connectivity index (χ4n) is 1.94. The zero-order valence-corrected chi connectivity index (χ0v) is 7.98. The summed E-state index contributed by atoms with van der Waals surface area (Å²) in [7, 11) is 0. The molecule has 0 unspecified atom stereocenters. The minimum atomic E-state index is -0.393. The molecule has 1 saturated carbocycles. The third-order valence-corrected chi connectivity index (χ3v) is 2.80. The molecule has 0 saturated heterocycles. The Hall–Kier alpha value is -0.830. The molecule has 2 rings (SSSR count). The first-order valence-corrected chi connectivity index (χ1v) is 4.99. The van der Waals surface area contributed by atoms with Crippen molar-refractivity contribution in [3.8, 4) is 0 Å². The minimum absolute atomic E-state index is 0.393. The van der Waals surface area contributed by atoms with Crippen LogP contribution in [0, 0.1) is 0 Å². The van der Waals surface area contributed by atoms with Crippen LogP contribution in [0.1, 0.15) is 50.3 Å². The van der Waals surface area contributed by atoms with Crippen molar-refractivity contribution in [2.24, 2.45) is 0 Å². The lowest BCUT2D eigenvalue weighted by Crippen LogP contribution is -2.04. The predicted molar refractivity (Wildman–Crippen MR) is 50.4 cm³/mol. The van der Waals surface area contributed by atoms with Gasteiger partial charge in [0.15, 0.2) is 0 Å². The topological polar surface area (TPSA) is 38.1 Å². The summed E-state index contributed by atoms with van der Waals surface area (Å²) in [6.07, 6.45) is 8.45.